The number of aromatic carboxylic acids is 1. The average molecular weight is 489 g/mol. The predicted molar refractivity (Wildman–Crippen MR) is 140 cm³/mol. The fourth-order valence-corrected chi connectivity index (χ4v) is 5.17. The molecule has 7 nitrogen and oxygen atoms in total. The van der Waals surface area contributed by atoms with Crippen LogP contribution < -0.4 is 0 Å². The van der Waals surface area contributed by atoms with Gasteiger partial charge in [-0.2, -0.15) is 11.3 Å². The van der Waals surface area contributed by atoms with Gasteiger partial charge in [-0.3, -0.25) is 4.90 Å². The number of aliphatic imine (C=N–C) groups is 1. The third-order valence-corrected chi connectivity index (χ3v) is 7.31. The van der Waals surface area contributed by atoms with Crippen LogP contribution in [0.4, 0.5) is 5.69 Å². The molecule has 3 heterocycles. The Kier molecular flexibility index (Phi) is 6.42. The van der Waals surface area contributed by atoms with E-state index < -0.39 is 5.97 Å². The number of aromatic hydroxyl groups is 1. The van der Waals surface area contributed by atoms with Gasteiger partial charge in [0.15, 0.2) is 0 Å². The number of hydrogen-bond donors (Lipinski definition) is 2. The SMILES string of the molecule is CN1CCN(Cc2ccc(N=C(c3ccsc3)c3c(O)n(C)c4ccc(C(=O)O)cc34)cc2)CC1. The van der Waals surface area contributed by atoms with E-state index in [1.807, 2.05) is 29.0 Å². The molecule has 8 heteroatoms. The molecule has 0 aliphatic carbocycles. The lowest BCUT2D eigenvalue weighted by atomic mass is 10.0. The van der Waals surface area contributed by atoms with E-state index in [1.54, 1.807) is 41.2 Å². The number of carboxylic acid groups (broad SMARTS) is 1. The van der Waals surface area contributed by atoms with Crippen molar-refractivity contribution in [2.75, 3.05) is 33.2 Å². The summed E-state index contributed by atoms with van der Waals surface area (Å²) >= 11 is 1.55. The monoisotopic (exact) mass is 488 g/mol. The Morgan fingerprint density at radius 3 is 2.40 bits per heavy atom. The first-order valence-corrected chi connectivity index (χ1v) is 12.5. The number of rotatable bonds is 6. The van der Waals surface area contributed by atoms with Gasteiger partial charge in [0.25, 0.3) is 0 Å². The van der Waals surface area contributed by atoms with Crippen molar-refractivity contribution < 1.29 is 15.0 Å². The second-order valence-electron chi connectivity index (χ2n) is 9.01. The Balaban J connectivity index is 1.54. The minimum absolute atomic E-state index is 0.0548. The van der Waals surface area contributed by atoms with Crippen molar-refractivity contribution in [3.63, 3.8) is 0 Å². The molecule has 0 saturated carbocycles. The Labute approximate surface area is 208 Å². The first-order chi connectivity index (χ1) is 16.9. The van der Waals surface area contributed by atoms with Crippen molar-refractivity contribution in [3.05, 3.63) is 81.5 Å². The summed E-state index contributed by atoms with van der Waals surface area (Å²) in [5, 5.41) is 25.2. The first-order valence-electron chi connectivity index (χ1n) is 11.6. The average Bonchev–Trinajstić information content (AvgIpc) is 3.47. The molecule has 2 N–H and O–H groups in total. The summed E-state index contributed by atoms with van der Waals surface area (Å²) in [5.74, 6) is -0.953. The first kappa shape index (κ1) is 23.3. The van der Waals surface area contributed by atoms with Crippen LogP contribution in [0.1, 0.15) is 27.0 Å². The van der Waals surface area contributed by atoms with Gasteiger partial charge in [-0.1, -0.05) is 12.1 Å². The zero-order valence-electron chi connectivity index (χ0n) is 19.8. The van der Waals surface area contributed by atoms with Gasteiger partial charge >= 0.3 is 5.97 Å². The van der Waals surface area contributed by atoms with Crippen molar-refractivity contribution in [1.82, 2.24) is 14.4 Å². The number of likely N-dealkylation sites (N-methyl/N-ethyl adjacent to an activating group) is 1. The molecule has 5 rings (SSSR count). The Hall–Kier alpha value is -3.46. The maximum absolute atomic E-state index is 11.6. The van der Waals surface area contributed by atoms with E-state index in [9.17, 15) is 15.0 Å². The third-order valence-electron chi connectivity index (χ3n) is 6.63. The van der Waals surface area contributed by atoms with E-state index in [-0.39, 0.29) is 11.4 Å². The Morgan fingerprint density at radius 1 is 1.00 bits per heavy atom. The fraction of sp³-hybridized carbons (Fsp3) is 0.259. The number of nitrogens with zero attached hydrogens (tertiary/aromatic N) is 4. The van der Waals surface area contributed by atoms with Gasteiger partial charge in [-0.15, -0.1) is 0 Å². The quantitative estimate of drug-likeness (QED) is 0.389. The van der Waals surface area contributed by atoms with E-state index in [4.69, 9.17) is 4.99 Å². The normalized spacial score (nSPS) is 15.7. The second-order valence-corrected chi connectivity index (χ2v) is 9.79. The molecule has 1 saturated heterocycles. The highest BCUT2D eigenvalue weighted by molar-refractivity contribution is 7.08. The van der Waals surface area contributed by atoms with E-state index in [2.05, 4.69) is 29.0 Å². The zero-order valence-corrected chi connectivity index (χ0v) is 20.6. The molecule has 0 unspecified atom stereocenters. The van der Waals surface area contributed by atoms with Crippen LogP contribution >= 0.6 is 11.3 Å². The number of fused-ring (bicyclic) bond motifs is 1. The molecule has 1 aliphatic rings. The van der Waals surface area contributed by atoms with Crippen molar-refractivity contribution in [2.45, 2.75) is 6.54 Å². The number of aromatic nitrogens is 1. The molecule has 0 spiro atoms. The van der Waals surface area contributed by atoms with Gasteiger partial charge in [0.2, 0.25) is 5.88 Å². The number of carboxylic acids is 1. The maximum atomic E-state index is 11.6. The molecule has 0 atom stereocenters. The molecule has 1 aliphatic heterocycles. The zero-order chi connectivity index (χ0) is 24.5. The smallest absolute Gasteiger partial charge is 0.335 e. The van der Waals surface area contributed by atoms with Crippen LogP contribution in [0.25, 0.3) is 10.9 Å². The summed E-state index contributed by atoms with van der Waals surface area (Å²) in [4.78, 5) is 21.4. The highest BCUT2D eigenvalue weighted by Crippen LogP contribution is 2.35. The molecule has 35 heavy (non-hydrogen) atoms. The van der Waals surface area contributed by atoms with Gasteiger partial charge < -0.3 is 19.7 Å². The minimum Gasteiger partial charge on any atom is -0.494 e. The maximum Gasteiger partial charge on any atom is 0.335 e. The van der Waals surface area contributed by atoms with Crippen LogP contribution in [-0.2, 0) is 13.6 Å². The van der Waals surface area contributed by atoms with Crippen molar-refractivity contribution >= 4 is 39.6 Å². The standard InChI is InChI=1S/C27H28N4O3S/c1-29-10-12-31(13-11-29)16-18-3-6-21(7-4-18)28-25(20-9-14-35-17-20)24-22-15-19(27(33)34)5-8-23(22)30(2)26(24)32/h3-9,14-15,17,32H,10-13,16H2,1-2H3,(H,33,34). The number of piperazine rings is 1. The lowest BCUT2D eigenvalue weighted by molar-refractivity contribution is 0.0697. The molecular formula is C27H28N4O3S. The number of thiophene rings is 1. The summed E-state index contributed by atoms with van der Waals surface area (Å²) in [6.07, 6.45) is 0. The summed E-state index contributed by atoms with van der Waals surface area (Å²) in [5.41, 5.74) is 4.95. The summed E-state index contributed by atoms with van der Waals surface area (Å²) < 4.78 is 1.66. The number of carbonyl (C=O) groups is 1. The molecule has 4 aromatic rings. The molecule has 0 bridgehead atoms. The minimum atomic E-state index is -1.01. The van der Waals surface area contributed by atoms with Gasteiger partial charge in [-0.05, 0) is 54.4 Å². The molecule has 180 valence electrons. The van der Waals surface area contributed by atoms with Gasteiger partial charge in [-0.25, -0.2) is 9.79 Å². The van der Waals surface area contributed by atoms with Gasteiger partial charge in [0.05, 0.1) is 28.0 Å². The summed E-state index contributed by atoms with van der Waals surface area (Å²) in [6.45, 7) is 5.22. The lowest BCUT2D eigenvalue weighted by Gasteiger charge is -2.32. The second kappa shape index (κ2) is 9.65. The van der Waals surface area contributed by atoms with Crippen molar-refractivity contribution in [1.29, 1.82) is 0 Å². The number of aryl methyl sites for hydroxylation is 1. The Bertz CT molecular complexity index is 1380. The fourth-order valence-electron chi connectivity index (χ4n) is 4.53. The van der Waals surface area contributed by atoms with Crippen molar-refractivity contribution in [3.8, 4) is 5.88 Å². The van der Waals surface area contributed by atoms with Crippen LogP contribution in [0.5, 0.6) is 5.88 Å². The van der Waals surface area contributed by atoms with Crippen LogP contribution in [-0.4, -0.2) is 69.5 Å². The number of benzene rings is 2. The van der Waals surface area contributed by atoms with Gasteiger partial charge in [0.1, 0.15) is 0 Å². The molecule has 2 aromatic carbocycles. The predicted octanol–water partition coefficient (Wildman–Crippen LogP) is 4.56. The van der Waals surface area contributed by atoms with E-state index >= 15 is 0 Å². The molecule has 0 amide bonds. The highest BCUT2D eigenvalue weighted by Gasteiger charge is 2.22. The Morgan fingerprint density at radius 2 is 1.74 bits per heavy atom. The molecule has 2 aromatic heterocycles. The topological polar surface area (TPSA) is 81.3 Å². The van der Waals surface area contributed by atoms with Gasteiger partial charge in [0, 0.05) is 56.1 Å². The van der Waals surface area contributed by atoms with Crippen LogP contribution in [0.15, 0.2) is 64.3 Å². The molecular weight excluding hydrogens is 460 g/mol. The molecule has 1 fully saturated rings. The third kappa shape index (κ3) is 4.73. The van der Waals surface area contributed by atoms with Crippen LogP contribution in [0.2, 0.25) is 0 Å². The van der Waals surface area contributed by atoms with Crippen LogP contribution in [0, 0.1) is 0 Å². The molecule has 0 radical (unpaired) electrons. The van der Waals surface area contributed by atoms with Crippen molar-refractivity contribution in [2.24, 2.45) is 12.0 Å². The summed E-state index contributed by atoms with van der Waals surface area (Å²) in [7, 11) is 3.92. The van der Waals surface area contributed by atoms with Crippen LogP contribution in [0.3, 0.4) is 0 Å². The van der Waals surface area contributed by atoms with E-state index in [0.717, 1.165) is 49.5 Å². The number of hydrogen-bond acceptors (Lipinski definition) is 6. The van der Waals surface area contributed by atoms with E-state index in [0.29, 0.717) is 16.7 Å². The largest absolute Gasteiger partial charge is 0.494 e. The summed E-state index contributed by atoms with van der Waals surface area (Å²) in [6, 6.07) is 15.1. The van der Waals surface area contributed by atoms with E-state index in [1.165, 1.54) is 5.56 Å². The lowest BCUT2D eigenvalue weighted by Crippen LogP contribution is -2.43. The highest BCUT2D eigenvalue weighted by atomic mass is 32.1.